The van der Waals surface area contributed by atoms with Crippen LogP contribution >= 0.6 is 0 Å². The molecule has 0 amide bonds. The topological polar surface area (TPSA) is 56.3 Å². The van der Waals surface area contributed by atoms with E-state index in [-0.39, 0.29) is 5.41 Å². The molecule has 1 fully saturated rings. The van der Waals surface area contributed by atoms with Gasteiger partial charge in [0.2, 0.25) is 0 Å². The average Bonchev–Trinajstić information content (AvgIpc) is 2.46. The van der Waals surface area contributed by atoms with Crippen molar-refractivity contribution in [2.45, 2.75) is 6.54 Å². The van der Waals surface area contributed by atoms with Gasteiger partial charge in [0.25, 0.3) is 0 Å². The number of nitrogens with zero attached hydrogens (tertiary/aromatic N) is 3. The maximum absolute atomic E-state index is 5.63. The number of hydrogen-bond donors (Lipinski definition) is 1. The van der Waals surface area contributed by atoms with Gasteiger partial charge in [-0.3, -0.25) is 4.68 Å². The number of nitrogen functional groups attached to an aromatic ring is 1. The number of anilines is 1. The predicted molar refractivity (Wildman–Crippen MR) is 58.4 cm³/mol. The lowest BCUT2D eigenvalue weighted by Gasteiger charge is -2.43. The van der Waals surface area contributed by atoms with Crippen molar-refractivity contribution in [2.24, 2.45) is 5.41 Å². The molecule has 1 aliphatic rings. The van der Waals surface area contributed by atoms with Crippen LogP contribution in [0.3, 0.4) is 0 Å². The smallest absolute Gasteiger partial charge is 0.0719 e. The van der Waals surface area contributed by atoms with Crippen LogP contribution in [0.4, 0.5) is 5.69 Å². The third kappa shape index (κ3) is 2.30. The molecule has 0 aromatic carbocycles. The zero-order chi connectivity index (χ0) is 10.9. The molecule has 2 heterocycles. The van der Waals surface area contributed by atoms with E-state index in [0.717, 1.165) is 32.0 Å². The summed E-state index contributed by atoms with van der Waals surface area (Å²) in [6.07, 6.45) is 3.55. The van der Waals surface area contributed by atoms with E-state index in [0.29, 0.717) is 0 Å². The molecule has 0 radical (unpaired) electrons. The number of ether oxygens (including phenoxy) is 1. The third-order valence-corrected chi connectivity index (χ3v) is 2.62. The molecular weight excluding hydrogens is 192 g/mol. The molecule has 0 unspecified atom stereocenters. The molecule has 0 spiro atoms. The highest BCUT2D eigenvalue weighted by Crippen LogP contribution is 2.30. The Hall–Kier alpha value is -1.07. The van der Waals surface area contributed by atoms with Gasteiger partial charge in [-0.2, -0.15) is 5.10 Å². The summed E-state index contributed by atoms with van der Waals surface area (Å²) in [7, 11) is 4.16. The first-order valence-electron chi connectivity index (χ1n) is 5.10. The molecule has 1 aliphatic heterocycles. The Morgan fingerprint density at radius 2 is 2.33 bits per heavy atom. The summed E-state index contributed by atoms with van der Waals surface area (Å²) in [6, 6.07) is 0. The van der Waals surface area contributed by atoms with Gasteiger partial charge in [0.05, 0.1) is 31.6 Å². The molecule has 0 atom stereocenters. The molecule has 0 aliphatic carbocycles. The van der Waals surface area contributed by atoms with Crippen molar-refractivity contribution in [3.8, 4) is 0 Å². The summed E-state index contributed by atoms with van der Waals surface area (Å²) in [6.45, 7) is 3.52. The van der Waals surface area contributed by atoms with E-state index in [1.807, 2.05) is 10.9 Å². The standard InChI is InChI=1S/C10H18N4O/c1-13(2)5-10(7-15-8-10)6-14-4-9(11)3-12-14/h3-4H,5-8,11H2,1-2H3. The van der Waals surface area contributed by atoms with Crippen LogP contribution in [-0.2, 0) is 11.3 Å². The van der Waals surface area contributed by atoms with Crippen molar-refractivity contribution >= 4 is 5.69 Å². The lowest BCUT2D eigenvalue weighted by atomic mass is 9.85. The minimum atomic E-state index is 0.210. The molecule has 2 N–H and O–H groups in total. The minimum absolute atomic E-state index is 0.210. The van der Waals surface area contributed by atoms with Gasteiger partial charge >= 0.3 is 0 Å². The fourth-order valence-electron chi connectivity index (χ4n) is 2.10. The van der Waals surface area contributed by atoms with Gasteiger partial charge in [-0.05, 0) is 14.1 Å². The van der Waals surface area contributed by atoms with Crippen molar-refractivity contribution in [3.63, 3.8) is 0 Å². The Morgan fingerprint density at radius 3 is 2.73 bits per heavy atom. The Balaban J connectivity index is 2.01. The zero-order valence-corrected chi connectivity index (χ0v) is 9.31. The van der Waals surface area contributed by atoms with Gasteiger partial charge in [0.1, 0.15) is 0 Å². The zero-order valence-electron chi connectivity index (χ0n) is 9.31. The fraction of sp³-hybridized carbons (Fsp3) is 0.700. The van der Waals surface area contributed by atoms with Gasteiger partial charge in [0, 0.05) is 18.2 Å². The van der Waals surface area contributed by atoms with Gasteiger partial charge in [-0.15, -0.1) is 0 Å². The van der Waals surface area contributed by atoms with Gasteiger partial charge in [-0.25, -0.2) is 0 Å². The van der Waals surface area contributed by atoms with Crippen LogP contribution in [0.2, 0.25) is 0 Å². The van der Waals surface area contributed by atoms with Crippen molar-refractivity contribution in [1.29, 1.82) is 0 Å². The molecule has 84 valence electrons. The van der Waals surface area contributed by atoms with Gasteiger partial charge in [-0.1, -0.05) is 0 Å². The molecule has 1 aromatic rings. The molecule has 1 aromatic heterocycles. The highest BCUT2D eigenvalue weighted by atomic mass is 16.5. The van der Waals surface area contributed by atoms with Crippen molar-refractivity contribution in [3.05, 3.63) is 12.4 Å². The summed E-state index contributed by atoms with van der Waals surface area (Å²) in [5, 5.41) is 4.21. The normalized spacial score (nSPS) is 19.1. The third-order valence-electron chi connectivity index (χ3n) is 2.62. The summed E-state index contributed by atoms with van der Waals surface area (Å²) in [5.41, 5.74) is 6.56. The van der Waals surface area contributed by atoms with E-state index >= 15 is 0 Å². The number of rotatable bonds is 4. The van der Waals surface area contributed by atoms with E-state index in [2.05, 4.69) is 24.1 Å². The molecule has 5 nitrogen and oxygen atoms in total. The van der Waals surface area contributed by atoms with Crippen LogP contribution in [0.5, 0.6) is 0 Å². The van der Waals surface area contributed by atoms with E-state index in [1.54, 1.807) is 6.20 Å². The lowest BCUT2D eigenvalue weighted by Crippen LogP contribution is -2.52. The second-order valence-electron chi connectivity index (χ2n) is 4.70. The van der Waals surface area contributed by atoms with Gasteiger partial charge < -0.3 is 15.4 Å². The number of aromatic nitrogens is 2. The van der Waals surface area contributed by atoms with E-state index in [4.69, 9.17) is 10.5 Å². The Bertz CT molecular complexity index is 330. The lowest BCUT2D eigenvalue weighted by molar-refractivity contribution is -0.132. The summed E-state index contributed by atoms with van der Waals surface area (Å²) in [5.74, 6) is 0. The Kier molecular flexibility index (Phi) is 2.67. The second kappa shape index (κ2) is 3.83. The van der Waals surface area contributed by atoms with Crippen LogP contribution in [0.1, 0.15) is 0 Å². The quantitative estimate of drug-likeness (QED) is 0.762. The average molecular weight is 210 g/mol. The largest absolute Gasteiger partial charge is 0.396 e. The van der Waals surface area contributed by atoms with Crippen LogP contribution in [0.15, 0.2) is 12.4 Å². The molecular formula is C10H18N4O. The molecule has 2 rings (SSSR count). The number of hydrogen-bond acceptors (Lipinski definition) is 4. The molecule has 15 heavy (non-hydrogen) atoms. The minimum Gasteiger partial charge on any atom is -0.396 e. The second-order valence-corrected chi connectivity index (χ2v) is 4.70. The summed E-state index contributed by atoms with van der Waals surface area (Å²) in [4.78, 5) is 2.19. The van der Waals surface area contributed by atoms with Crippen LogP contribution in [-0.4, -0.2) is 48.5 Å². The number of nitrogens with two attached hydrogens (primary N) is 1. The first-order chi connectivity index (χ1) is 7.10. The van der Waals surface area contributed by atoms with Crippen LogP contribution in [0, 0.1) is 5.41 Å². The van der Waals surface area contributed by atoms with Crippen molar-refractivity contribution in [2.75, 3.05) is 39.6 Å². The monoisotopic (exact) mass is 210 g/mol. The van der Waals surface area contributed by atoms with E-state index in [9.17, 15) is 0 Å². The highest BCUT2D eigenvalue weighted by molar-refractivity contribution is 5.30. The molecule has 0 saturated carbocycles. The molecule has 1 saturated heterocycles. The van der Waals surface area contributed by atoms with Crippen molar-refractivity contribution in [1.82, 2.24) is 14.7 Å². The van der Waals surface area contributed by atoms with Crippen LogP contribution < -0.4 is 5.73 Å². The fourth-order valence-corrected chi connectivity index (χ4v) is 2.10. The SMILES string of the molecule is CN(C)CC1(Cn2cc(N)cn2)COC1. The maximum Gasteiger partial charge on any atom is 0.0719 e. The van der Waals surface area contributed by atoms with E-state index < -0.39 is 0 Å². The summed E-state index contributed by atoms with van der Waals surface area (Å²) < 4.78 is 7.22. The Labute approximate surface area is 89.8 Å². The highest BCUT2D eigenvalue weighted by Gasteiger charge is 2.39. The predicted octanol–water partition coefficient (Wildman–Crippen LogP) is 0.0435. The molecule has 0 bridgehead atoms. The summed E-state index contributed by atoms with van der Waals surface area (Å²) >= 11 is 0. The van der Waals surface area contributed by atoms with E-state index in [1.165, 1.54) is 0 Å². The Morgan fingerprint density at radius 1 is 1.60 bits per heavy atom. The first kappa shape index (κ1) is 10.4. The molecule has 5 heteroatoms. The van der Waals surface area contributed by atoms with Crippen molar-refractivity contribution < 1.29 is 4.74 Å². The first-order valence-corrected chi connectivity index (χ1v) is 5.10. The maximum atomic E-state index is 5.63. The van der Waals surface area contributed by atoms with Crippen LogP contribution in [0.25, 0.3) is 0 Å². The van der Waals surface area contributed by atoms with Gasteiger partial charge in [0.15, 0.2) is 0 Å².